The van der Waals surface area contributed by atoms with Crippen molar-refractivity contribution in [2.24, 2.45) is 0 Å². The summed E-state index contributed by atoms with van der Waals surface area (Å²) in [6.07, 6.45) is 6.82. The molecule has 228 valence electrons. The smallest absolute Gasteiger partial charge is 0.335 e. The van der Waals surface area contributed by atoms with Gasteiger partial charge in [-0.05, 0) is 67.8 Å². The van der Waals surface area contributed by atoms with E-state index in [2.05, 4.69) is 17.1 Å². The number of carbonyl (C=O) groups excluding carboxylic acids is 1. The summed E-state index contributed by atoms with van der Waals surface area (Å²) in [4.78, 5) is 32.8. The van der Waals surface area contributed by atoms with Crippen molar-refractivity contribution in [2.45, 2.75) is 31.9 Å². The molecule has 44 heavy (non-hydrogen) atoms. The predicted octanol–water partition coefficient (Wildman–Crippen LogP) is 5.94. The zero-order valence-corrected chi connectivity index (χ0v) is 24.8. The molecule has 1 aliphatic carbocycles. The van der Waals surface area contributed by atoms with Crippen molar-refractivity contribution in [2.75, 3.05) is 45.3 Å². The van der Waals surface area contributed by atoms with Gasteiger partial charge in [-0.2, -0.15) is 0 Å². The van der Waals surface area contributed by atoms with Crippen LogP contribution in [0, 0.1) is 5.82 Å². The van der Waals surface area contributed by atoms with Crippen molar-refractivity contribution in [3.63, 3.8) is 0 Å². The number of rotatable bonds is 8. The molecule has 0 saturated carbocycles. The van der Waals surface area contributed by atoms with Crippen LogP contribution >= 0.6 is 0 Å². The Morgan fingerprint density at radius 1 is 1.05 bits per heavy atom. The first-order valence-electron chi connectivity index (χ1n) is 14.8. The molecule has 0 radical (unpaired) electrons. The summed E-state index contributed by atoms with van der Waals surface area (Å²) in [6.45, 7) is 2.83. The van der Waals surface area contributed by atoms with Gasteiger partial charge in [-0.15, -0.1) is 0 Å². The molecule has 0 bridgehead atoms. The third kappa shape index (κ3) is 5.90. The van der Waals surface area contributed by atoms with Crippen LogP contribution in [-0.2, 0) is 11.3 Å². The highest BCUT2D eigenvalue weighted by atomic mass is 19.1. The van der Waals surface area contributed by atoms with Gasteiger partial charge < -0.3 is 28.9 Å². The minimum Gasteiger partial charge on any atom is -0.489 e. The van der Waals surface area contributed by atoms with Gasteiger partial charge in [0, 0.05) is 56.1 Å². The number of morpholine rings is 1. The quantitative estimate of drug-likeness (QED) is 0.251. The van der Waals surface area contributed by atoms with Gasteiger partial charge in [0.15, 0.2) is 0 Å². The third-order valence-corrected chi connectivity index (χ3v) is 8.20. The Labute approximate surface area is 255 Å². The Morgan fingerprint density at radius 2 is 1.84 bits per heavy atom. The second kappa shape index (κ2) is 12.5. The topological polar surface area (TPSA) is 97.1 Å². The Morgan fingerprint density at radius 3 is 2.55 bits per heavy atom. The number of fused-ring (bicyclic) bond motifs is 1. The monoisotopic (exact) mass is 598 g/mol. The molecule has 4 aromatic rings. The van der Waals surface area contributed by atoms with E-state index in [9.17, 15) is 14.7 Å². The van der Waals surface area contributed by atoms with E-state index in [1.807, 2.05) is 22.8 Å². The zero-order valence-electron chi connectivity index (χ0n) is 24.8. The van der Waals surface area contributed by atoms with Crippen LogP contribution in [0.15, 0.2) is 66.7 Å². The standard InChI is InChI=1S/C34H35FN4O5/c1-37(2)33(40)22-8-12-30(38-14-16-43-17-15-38)24(18-22)21-44-26-10-11-27(28(35)20-26)32-36-29-19-23(34(41)42)9-13-31(29)39(32)25-6-4-3-5-7-25/h3-4,8-13,18-20,25H,5-7,14-17,21H2,1-2H3,(H,41,42). The molecular formula is C34H35FN4O5. The van der Waals surface area contributed by atoms with Gasteiger partial charge in [0.2, 0.25) is 0 Å². The molecule has 10 heteroatoms. The molecule has 9 nitrogen and oxygen atoms in total. The average Bonchev–Trinajstić information content (AvgIpc) is 3.42. The van der Waals surface area contributed by atoms with Gasteiger partial charge in [-0.1, -0.05) is 12.2 Å². The highest BCUT2D eigenvalue weighted by Gasteiger charge is 2.24. The number of carboxylic acids is 1. The number of aromatic carboxylic acids is 1. The number of allylic oxidation sites excluding steroid dienone is 2. The van der Waals surface area contributed by atoms with E-state index in [-0.39, 0.29) is 24.1 Å². The molecule has 2 aliphatic rings. The number of imidazole rings is 1. The minimum atomic E-state index is -1.04. The second-order valence-electron chi connectivity index (χ2n) is 11.3. The summed E-state index contributed by atoms with van der Waals surface area (Å²) in [7, 11) is 3.42. The summed E-state index contributed by atoms with van der Waals surface area (Å²) in [5.74, 6) is -0.836. The lowest BCUT2D eigenvalue weighted by Gasteiger charge is -2.31. The predicted molar refractivity (Wildman–Crippen MR) is 166 cm³/mol. The maximum atomic E-state index is 15.9. The van der Waals surface area contributed by atoms with Crippen molar-refractivity contribution >= 4 is 28.6 Å². The van der Waals surface area contributed by atoms with Crippen molar-refractivity contribution in [3.05, 3.63) is 89.3 Å². The fourth-order valence-corrected chi connectivity index (χ4v) is 5.94. The number of carbonyl (C=O) groups is 2. The van der Waals surface area contributed by atoms with Crippen molar-refractivity contribution < 1.29 is 28.6 Å². The number of anilines is 1. The van der Waals surface area contributed by atoms with Crippen molar-refractivity contribution in [1.29, 1.82) is 0 Å². The molecule has 0 spiro atoms. The lowest BCUT2D eigenvalue weighted by molar-refractivity contribution is 0.0696. The second-order valence-corrected chi connectivity index (χ2v) is 11.3. The number of halogens is 1. The molecule has 1 unspecified atom stereocenters. The Balaban J connectivity index is 1.31. The van der Waals surface area contributed by atoms with Crippen LogP contribution < -0.4 is 9.64 Å². The summed E-state index contributed by atoms with van der Waals surface area (Å²) in [6, 6.07) is 15.2. The van der Waals surface area contributed by atoms with Crippen LogP contribution in [0.2, 0.25) is 0 Å². The van der Waals surface area contributed by atoms with Gasteiger partial charge >= 0.3 is 5.97 Å². The van der Waals surface area contributed by atoms with E-state index in [1.165, 1.54) is 17.0 Å². The van der Waals surface area contributed by atoms with Crippen LogP contribution in [0.4, 0.5) is 10.1 Å². The fraction of sp³-hybridized carbons (Fsp3) is 0.324. The van der Waals surface area contributed by atoms with E-state index in [0.29, 0.717) is 41.4 Å². The van der Waals surface area contributed by atoms with Crippen molar-refractivity contribution in [3.8, 4) is 17.1 Å². The SMILES string of the molecule is CN(C)C(=O)c1ccc(N2CCOCC2)c(COc2ccc(-c3nc4cc(C(=O)O)ccc4n3C3CC=CCC3)c(F)c2)c1. The number of carboxylic acid groups (broad SMARTS) is 1. The molecule has 3 aromatic carbocycles. The maximum Gasteiger partial charge on any atom is 0.335 e. The largest absolute Gasteiger partial charge is 0.489 e. The van der Waals surface area contributed by atoms with Gasteiger partial charge in [-0.25, -0.2) is 14.2 Å². The van der Waals surface area contributed by atoms with E-state index in [4.69, 9.17) is 14.5 Å². The Bertz CT molecular complexity index is 1740. The van der Waals surface area contributed by atoms with Crippen LogP contribution in [-0.4, -0.2) is 71.8 Å². The maximum absolute atomic E-state index is 15.9. The lowest BCUT2D eigenvalue weighted by atomic mass is 10.0. The summed E-state index contributed by atoms with van der Waals surface area (Å²) in [5, 5.41) is 9.51. The lowest BCUT2D eigenvalue weighted by Crippen LogP contribution is -2.37. The first kappa shape index (κ1) is 29.4. The Hall–Kier alpha value is -4.70. The number of benzene rings is 3. The normalized spacial score (nSPS) is 16.7. The van der Waals surface area contributed by atoms with E-state index in [0.717, 1.165) is 49.1 Å². The van der Waals surface area contributed by atoms with Gasteiger partial charge in [-0.3, -0.25) is 4.79 Å². The first-order valence-corrected chi connectivity index (χ1v) is 14.8. The Kier molecular flexibility index (Phi) is 8.34. The third-order valence-electron chi connectivity index (χ3n) is 8.20. The van der Waals surface area contributed by atoms with Crippen molar-refractivity contribution in [1.82, 2.24) is 14.5 Å². The highest BCUT2D eigenvalue weighted by Crippen LogP contribution is 2.36. The summed E-state index contributed by atoms with van der Waals surface area (Å²) < 4.78 is 29.5. The van der Waals surface area contributed by atoms with E-state index < -0.39 is 11.8 Å². The summed E-state index contributed by atoms with van der Waals surface area (Å²) >= 11 is 0. The number of hydrogen-bond donors (Lipinski definition) is 1. The number of hydrogen-bond acceptors (Lipinski definition) is 6. The highest BCUT2D eigenvalue weighted by molar-refractivity contribution is 5.95. The van der Waals surface area contributed by atoms with E-state index in [1.54, 1.807) is 38.4 Å². The van der Waals surface area contributed by atoms with Crippen LogP contribution in [0.3, 0.4) is 0 Å². The molecule has 1 fully saturated rings. The summed E-state index contributed by atoms with van der Waals surface area (Å²) in [5.41, 5.74) is 4.06. The molecule has 6 rings (SSSR count). The number of aromatic nitrogens is 2. The first-order chi connectivity index (χ1) is 21.3. The fourth-order valence-electron chi connectivity index (χ4n) is 5.94. The van der Waals surface area contributed by atoms with E-state index >= 15 is 4.39 Å². The molecule has 1 aliphatic heterocycles. The number of amides is 1. The average molecular weight is 599 g/mol. The molecule has 1 N–H and O–H groups in total. The van der Waals surface area contributed by atoms with Crippen LogP contribution in [0.5, 0.6) is 5.75 Å². The molecule has 1 amide bonds. The minimum absolute atomic E-state index is 0.0711. The molecule has 2 heterocycles. The van der Waals surface area contributed by atoms with Crippen LogP contribution in [0.25, 0.3) is 22.4 Å². The molecule has 1 aromatic heterocycles. The van der Waals surface area contributed by atoms with Gasteiger partial charge in [0.05, 0.1) is 35.4 Å². The number of nitrogens with zero attached hydrogens (tertiary/aromatic N) is 4. The number of ether oxygens (including phenoxy) is 2. The van der Waals surface area contributed by atoms with Gasteiger partial charge in [0.1, 0.15) is 24.0 Å². The molecular weight excluding hydrogens is 563 g/mol. The molecule has 1 atom stereocenters. The van der Waals surface area contributed by atoms with Gasteiger partial charge in [0.25, 0.3) is 5.91 Å². The molecule has 1 saturated heterocycles. The van der Waals surface area contributed by atoms with Crippen LogP contribution in [0.1, 0.15) is 51.6 Å². The zero-order chi connectivity index (χ0) is 30.8.